The zero-order valence-electron chi connectivity index (χ0n) is 14.2. The monoisotopic (exact) mass is 391 g/mol. The molecule has 1 heterocycles. The Morgan fingerprint density at radius 3 is 2.72 bits per heavy atom. The Labute approximate surface area is 152 Å². The number of rotatable bonds is 7. The zero-order valence-corrected chi connectivity index (χ0v) is 15.7. The second-order valence-corrected chi connectivity index (χ2v) is 7.92. The fourth-order valence-electron chi connectivity index (χ4n) is 2.51. The Kier molecular flexibility index (Phi) is 7.06. The fourth-order valence-corrected chi connectivity index (χ4v) is 3.95. The molecule has 2 rings (SSSR count). The van der Waals surface area contributed by atoms with Crippen LogP contribution in [0.3, 0.4) is 0 Å². The lowest BCUT2D eigenvalue weighted by molar-refractivity contribution is -0.125. The summed E-state index contributed by atoms with van der Waals surface area (Å²) in [5, 5.41) is 0.227. The van der Waals surface area contributed by atoms with E-state index in [4.69, 9.17) is 25.8 Å². The molecule has 1 aromatic rings. The van der Waals surface area contributed by atoms with Crippen molar-refractivity contribution in [1.29, 1.82) is 0 Å². The molecule has 1 amide bonds. The number of methoxy groups -OCH3 is 1. The highest BCUT2D eigenvalue weighted by Crippen LogP contribution is 2.28. The summed E-state index contributed by atoms with van der Waals surface area (Å²) in [5.41, 5.74) is 0. The number of sulfonamides is 1. The smallest absolute Gasteiger partial charge is 0.267 e. The maximum absolute atomic E-state index is 12.7. The molecule has 0 radical (unpaired) electrons. The molecule has 140 valence electrons. The number of carbonyl (C=O) groups is 1. The average Bonchev–Trinajstić information content (AvgIpc) is 2.57. The van der Waals surface area contributed by atoms with Crippen molar-refractivity contribution in [2.75, 3.05) is 26.9 Å². The Morgan fingerprint density at radius 1 is 1.40 bits per heavy atom. The lowest BCUT2D eigenvalue weighted by Gasteiger charge is -2.22. The van der Waals surface area contributed by atoms with Crippen LogP contribution in [0.1, 0.15) is 19.8 Å². The molecule has 1 N–H and O–H groups in total. The lowest BCUT2D eigenvalue weighted by atomic mass is 10.0. The molecule has 0 aromatic heterocycles. The normalized spacial score (nSPS) is 17.1. The molecule has 0 spiro atoms. The van der Waals surface area contributed by atoms with Crippen molar-refractivity contribution in [2.24, 2.45) is 5.92 Å². The summed E-state index contributed by atoms with van der Waals surface area (Å²) in [7, 11) is -2.59. The molecule has 1 aliphatic rings. The number of amides is 1. The van der Waals surface area contributed by atoms with E-state index in [2.05, 4.69) is 4.72 Å². The van der Waals surface area contributed by atoms with Crippen LogP contribution >= 0.6 is 11.6 Å². The summed E-state index contributed by atoms with van der Waals surface area (Å²) in [5.74, 6) is -0.820. The molecule has 0 bridgehead atoms. The molecule has 1 aliphatic heterocycles. The molecule has 0 aliphatic carbocycles. The van der Waals surface area contributed by atoms with Gasteiger partial charge in [-0.15, -0.1) is 0 Å². The third-order valence-electron chi connectivity index (χ3n) is 3.75. The molecule has 9 heteroatoms. The van der Waals surface area contributed by atoms with Crippen LogP contribution in [0.2, 0.25) is 5.02 Å². The van der Waals surface area contributed by atoms with Crippen molar-refractivity contribution in [1.82, 2.24) is 4.72 Å². The standard InChI is InChI=1S/C16H22ClNO6S/c1-11(10-22-2)24-14-4-3-13(17)9-15(14)25(20,21)18-16(19)12-5-7-23-8-6-12/h3-4,9,11-12H,5-8,10H2,1-2H3,(H,18,19). The number of nitrogens with one attached hydrogen (secondary N) is 1. The number of carbonyl (C=O) groups excluding carboxylic acids is 1. The third kappa shape index (κ3) is 5.57. The first-order valence-corrected chi connectivity index (χ1v) is 9.79. The minimum atomic E-state index is -4.11. The van der Waals surface area contributed by atoms with Crippen LogP contribution in [0.15, 0.2) is 23.1 Å². The minimum absolute atomic E-state index is 0.112. The van der Waals surface area contributed by atoms with Gasteiger partial charge in [-0.25, -0.2) is 13.1 Å². The average molecular weight is 392 g/mol. The van der Waals surface area contributed by atoms with E-state index in [-0.39, 0.29) is 34.3 Å². The predicted octanol–water partition coefficient (Wildman–Crippen LogP) is 1.99. The van der Waals surface area contributed by atoms with E-state index in [1.54, 1.807) is 6.92 Å². The highest BCUT2D eigenvalue weighted by molar-refractivity contribution is 7.90. The van der Waals surface area contributed by atoms with E-state index in [1.807, 2.05) is 0 Å². The van der Waals surface area contributed by atoms with Gasteiger partial charge < -0.3 is 14.2 Å². The van der Waals surface area contributed by atoms with Crippen LogP contribution < -0.4 is 9.46 Å². The Balaban J connectivity index is 2.21. The molecule has 7 nitrogen and oxygen atoms in total. The minimum Gasteiger partial charge on any atom is -0.487 e. The molecular formula is C16H22ClNO6S. The number of hydrogen-bond acceptors (Lipinski definition) is 6. The van der Waals surface area contributed by atoms with Crippen molar-refractivity contribution in [2.45, 2.75) is 30.8 Å². The molecule has 1 fully saturated rings. The summed E-state index contributed by atoms with van der Waals surface area (Å²) in [6, 6.07) is 4.24. The van der Waals surface area contributed by atoms with Gasteiger partial charge >= 0.3 is 0 Å². The van der Waals surface area contributed by atoms with Crippen LogP contribution in [0.5, 0.6) is 5.75 Å². The summed E-state index contributed by atoms with van der Waals surface area (Å²) in [4.78, 5) is 12.1. The van der Waals surface area contributed by atoms with Crippen LogP contribution in [0.25, 0.3) is 0 Å². The largest absolute Gasteiger partial charge is 0.487 e. The fraction of sp³-hybridized carbons (Fsp3) is 0.562. The van der Waals surface area contributed by atoms with Crippen molar-refractivity contribution in [3.8, 4) is 5.75 Å². The molecule has 1 unspecified atom stereocenters. The second-order valence-electron chi connectivity index (χ2n) is 5.83. The quantitative estimate of drug-likeness (QED) is 0.764. The Morgan fingerprint density at radius 2 is 2.08 bits per heavy atom. The van der Waals surface area contributed by atoms with E-state index in [9.17, 15) is 13.2 Å². The molecule has 1 saturated heterocycles. The Hall–Kier alpha value is -1.35. The molecular weight excluding hydrogens is 370 g/mol. The van der Waals surface area contributed by atoms with Crippen molar-refractivity contribution < 1.29 is 27.4 Å². The molecule has 25 heavy (non-hydrogen) atoms. The second kappa shape index (κ2) is 8.84. The van der Waals surface area contributed by atoms with Gasteiger partial charge in [0.25, 0.3) is 10.0 Å². The van der Waals surface area contributed by atoms with Gasteiger partial charge in [-0.3, -0.25) is 4.79 Å². The highest BCUT2D eigenvalue weighted by atomic mass is 35.5. The summed E-state index contributed by atoms with van der Waals surface area (Å²) in [6.45, 7) is 2.92. The Bertz CT molecular complexity index is 703. The number of benzene rings is 1. The van der Waals surface area contributed by atoms with E-state index in [1.165, 1.54) is 25.3 Å². The zero-order chi connectivity index (χ0) is 18.4. The predicted molar refractivity (Wildman–Crippen MR) is 92.3 cm³/mol. The number of halogens is 1. The molecule has 1 aromatic carbocycles. The van der Waals surface area contributed by atoms with Crippen molar-refractivity contribution in [3.63, 3.8) is 0 Å². The topological polar surface area (TPSA) is 90.9 Å². The summed E-state index contributed by atoms with van der Waals surface area (Å²) >= 11 is 5.93. The van der Waals surface area contributed by atoms with Gasteiger partial charge in [0.1, 0.15) is 16.7 Å². The molecule has 1 atom stereocenters. The maximum atomic E-state index is 12.7. The summed E-state index contributed by atoms with van der Waals surface area (Å²) in [6.07, 6.45) is 0.613. The summed E-state index contributed by atoms with van der Waals surface area (Å²) < 4.78 is 43.2. The van der Waals surface area contributed by atoms with Gasteiger partial charge in [-0.1, -0.05) is 11.6 Å². The number of hydrogen-bond donors (Lipinski definition) is 1. The first kappa shape index (κ1) is 20.0. The number of ether oxygens (including phenoxy) is 3. The van der Waals surface area contributed by atoms with Crippen LogP contribution in [0.4, 0.5) is 0 Å². The van der Waals surface area contributed by atoms with E-state index in [0.29, 0.717) is 26.1 Å². The van der Waals surface area contributed by atoms with Crippen molar-refractivity contribution in [3.05, 3.63) is 23.2 Å². The lowest BCUT2D eigenvalue weighted by Crippen LogP contribution is -2.38. The van der Waals surface area contributed by atoms with Crippen LogP contribution in [-0.4, -0.2) is 47.4 Å². The van der Waals surface area contributed by atoms with Crippen molar-refractivity contribution >= 4 is 27.5 Å². The van der Waals surface area contributed by atoms with Crippen LogP contribution in [-0.2, 0) is 24.3 Å². The van der Waals surface area contributed by atoms with Crippen LogP contribution in [0, 0.1) is 5.92 Å². The SMILES string of the molecule is COCC(C)Oc1ccc(Cl)cc1S(=O)(=O)NC(=O)C1CCOCC1. The van der Waals surface area contributed by atoms with Gasteiger partial charge in [0, 0.05) is 31.3 Å². The van der Waals surface area contributed by atoms with Gasteiger partial charge in [0.15, 0.2) is 0 Å². The highest BCUT2D eigenvalue weighted by Gasteiger charge is 2.28. The van der Waals surface area contributed by atoms with E-state index in [0.717, 1.165) is 0 Å². The van der Waals surface area contributed by atoms with E-state index >= 15 is 0 Å². The third-order valence-corrected chi connectivity index (χ3v) is 5.35. The van der Waals surface area contributed by atoms with Gasteiger partial charge in [0.05, 0.1) is 6.61 Å². The molecule has 0 saturated carbocycles. The first-order chi connectivity index (χ1) is 11.8. The van der Waals surface area contributed by atoms with E-state index < -0.39 is 15.9 Å². The maximum Gasteiger partial charge on any atom is 0.267 e. The van der Waals surface area contributed by atoms with Gasteiger partial charge in [-0.2, -0.15) is 0 Å². The van der Waals surface area contributed by atoms with Gasteiger partial charge in [-0.05, 0) is 38.0 Å². The van der Waals surface area contributed by atoms with Gasteiger partial charge in [0.2, 0.25) is 5.91 Å². The first-order valence-electron chi connectivity index (χ1n) is 7.93.